The highest BCUT2D eigenvalue weighted by Gasteiger charge is 2.30. The van der Waals surface area contributed by atoms with E-state index in [2.05, 4.69) is 5.28 Å². The second-order valence-electron chi connectivity index (χ2n) is 6.42. The number of carbonyl (C=O) groups excluding carboxylic acids is 2. The molecule has 0 bridgehead atoms. The zero-order chi connectivity index (χ0) is 23.6. The number of benzene rings is 2. The standard InChI is InChI=1S/C18H13N5O9/c1-20(2)23(30)19-32-17-9-16(11(21(26)27)8-12(17)22(28)29)31-15-5-3-4-10-13(24)6-7-14(25)18(10)15/h3-9H,1-2H3/b23-19-. The summed E-state index contributed by atoms with van der Waals surface area (Å²) in [4.78, 5) is 50.0. The van der Waals surface area contributed by atoms with Gasteiger partial charge in [-0.05, 0) is 18.2 Å². The maximum atomic E-state index is 12.3. The average molecular weight is 443 g/mol. The highest BCUT2D eigenvalue weighted by molar-refractivity contribution is 6.23. The molecule has 0 fully saturated rings. The first-order chi connectivity index (χ1) is 15.1. The number of allylic oxidation sites excluding steroid dienone is 2. The first kappa shape index (κ1) is 21.8. The first-order valence-electron chi connectivity index (χ1n) is 8.67. The lowest BCUT2D eigenvalue weighted by Crippen LogP contribution is -2.21. The maximum absolute atomic E-state index is 12.3. The van der Waals surface area contributed by atoms with E-state index in [0.29, 0.717) is 6.07 Å². The Morgan fingerprint density at radius 1 is 0.875 bits per heavy atom. The van der Waals surface area contributed by atoms with E-state index < -0.39 is 44.3 Å². The molecule has 3 rings (SSSR count). The molecule has 0 atom stereocenters. The molecule has 32 heavy (non-hydrogen) atoms. The molecule has 0 saturated heterocycles. The van der Waals surface area contributed by atoms with E-state index in [4.69, 9.17) is 9.57 Å². The minimum absolute atomic E-state index is 0.0269. The van der Waals surface area contributed by atoms with Gasteiger partial charge in [0.25, 0.3) is 0 Å². The Bertz CT molecular complexity index is 1220. The van der Waals surface area contributed by atoms with E-state index in [0.717, 1.165) is 23.2 Å². The largest absolute Gasteiger partial charge is 0.569 e. The number of ketones is 2. The summed E-state index contributed by atoms with van der Waals surface area (Å²) in [5.74, 6) is -2.41. The molecule has 14 nitrogen and oxygen atoms in total. The molecule has 0 N–H and O–H groups in total. The zero-order valence-corrected chi connectivity index (χ0v) is 16.5. The van der Waals surface area contributed by atoms with Crippen LogP contribution in [0.25, 0.3) is 0 Å². The van der Waals surface area contributed by atoms with Gasteiger partial charge in [-0.1, -0.05) is 12.1 Å². The Kier molecular flexibility index (Phi) is 5.77. The topological polar surface area (TPSA) is 181 Å². The van der Waals surface area contributed by atoms with Crippen molar-refractivity contribution in [1.82, 2.24) is 5.01 Å². The molecule has 1 aliphatic rings. The van der Waals surface area contributed by atoms with Crippen LogP contribution in [-0.4, -0.2) is 45.5 Å². The number of hydrazine groups is 1. The van der Waals surface area contributed by atoms with E-state index in [1.165, 1.54) is 32.3 Å². The predicted octanol–water partition coefficient (Wildman–Crippen LogP) is 2.96. The van der Waals surface area contributed by atoms with Gasteiger partial charge in [0.05, 0.1) is 34.5 Å². The summed E-state index contributed by atoms with van der Waals surface area (Å²) in [7, 11) is 2.65. The Hall–Kier alpha value is -4.88. The monoisotopic (exact) mass is 443 g/mol. The van der Waals surface area contributed by atoms with Gasteiger partial charge in [0.15, 0.2) is 11.6 Å². The number of carbonyl (C=O) groups is 2. The zero-order valence-electron chi connectivity index (χ0n) is 16.5. The molecule has 0 radical (unpaired) electrons. The van der Waals surface area contributed by atoms with Crippen molar-refractivity contribution >= 4 is 22.9 Å². The lowest BCUT2D eigenvalue weighted by atomic mass is 9.94. The number of nitrogens with zero attached hydrogens (tertiary/aromatic N) is 5. The summed E-state index contributed by atoms with van der Waals surface area (Å²) in [6.45, 7) is 0. The molecule has 2 aromatic rings. The summed E-state index contributed by atoms with van der Waals surface area (Å²) < 4.78 is 5.52. The summed E-state index contributed by atoms with van der Waals surface area (Å²) in [5.41, 5.74) is -1.78. The quantitative estimate of drug-likeness (QED) is 0.267. The maximum Gasteiger partial charge on any atom is 0.321 e. The Morgan fingerprint density at radius 2 is 1.50 bits per heavy atom. The van der Waals surface area contributed by atoms with Crippen molar-refractivity contribution in [3.63, 3.8) is 0 Å². The Balaban J connectivity index is 2.14. The molecule has 0 aromatic heterocycles. The van der Waals surface area contributed by atoms with Crippen molar-refractivity contribution in [1.29, 1.82) is 0 Å². The van der Waals surface area contributed by atoms with Gasteiger partial charge in [0.2, 0.25) is 16.8 Å². The van der Waals surface area contributed by atoms with Crippen LogP contribution < -0.4 is 9.57 Å². The van der Waals surface area contributed by atoms with Gasteiger partial charge in [-0.25, -0.2) is 0 Å². The second-order valence-corrected chi connectivity index (χ2v) is 6.42. The fourth-order valence-electron chi connectivity index (χ4n) is 2.65. The molecule has 164 valence electrons. The van der Waals surface area contributed by atoms with Crippen molar-refractivity contribution in [2.45, 2.75) is 0 Å². The van der Waals surface area contributed by atoms with Crippen molar-refractivity contribution in [2.24, 2.45) is 5.28 Å². The van der Waals surface area contributed by atoms with Gasteiger partial charge in [-0.3, -0.25) is 34.7 Å². The van der Waals surface area contributed by atoms with E-state index in [1.54, 1.807) is 0 Å². The molecule has 0 unspecified atom stereocenters. The average Bonchev–Trinajstić information content (AvgIpc) is 2.74. The molecular formula is C18H13N5O9. The summed E-state index contributed by atoms with van der Waals surface area (Å²) in [6, 6.07) is 5.42. The molecule has 2 aromatic carbocycles. The van der Waals surface area contributed by atoms with Crippen molar-refractivity contribution in [3.05, 3.63) is 79.0 Å². The Labute approximate surface area is 178 Å². The van der Waals surface area contributed by atoms with Crippen LogP contribution in [0.2, 0.25) is 0 Å². The number of hydrogen-bond donors (Lipinski definition) is 0. The van der Waals surface area contributed by atoms with E-state index in [9.17, 15) is 35.0 Å². The third-order valence-electron chi connectivity index (χ3n) is 4.13. The normalized spacial score (nSPS) is 12.9. The van der Waals surface area contributed by atoms with Gasteiger partial charge in [0, 0.05) is 11.6 Å². The molecule has 1 aliphatic carbocycles. The number of hydrogen-bond acceptors (Lipinski definition) is 10. The summed E-state index contributed by atoms with van der Waals surface area (Å²) in [6.07, 6.45) is 2.11. The van der Waals surface area contributed by atoms with Crippen molar-refractivity contribution in [3.8, 4) is 17.2 Å². The van der Waals surface area contributed by atoms with E-state index in [1.807, 2.05) is 0 Å². The second kappa shape index (κ2) is 8.47. The minimum atomic E-state index is -0.968. The lowest BCUT2D eigenvalue weighted by molar-refractivity contribution is -0.695. The molecule has 0 amide bonds. The van der Waals surface area contributed by atoms with Gasteiger partial charge in [-0.2, -0.15) is 5.01 Å². The fourth-order valence-corrected chi connectivity index (χ4v) is 2.65. The molecule has 0 heterocycles. The van der Waals surface area contributed by atoms with Crippen LogP contribution in [-0.2, 0) is 0 Å². The number of fused-ring (bicyclic) bond motifs is 1. The van der Waals surface area contributed by atoms with Gasteiger partial charge in [-0.15, -0.1) is 0 Å². The third kappa shape index (κ3) is 4.18. The molecule has 0 aliphatic heterocycles. The highest BCUT2D eigenvalue weighted by atomic mass is 16.7. The van der Waals surface area contributed by atoms with Gasteiger partial charge in [0.1, 0.15) is 11.8 Å². The number of ether oxygens (including phenoxy) is 1. The SMILES string of the molecule is CN(C)/[N+]([O-])=N/Oc1cc(Oc2cccc3c2C(=O)C=CC3=O)c([N+](=O)[O-])cc1[N+](=O)[O-]. The number of rotatable bonds is 7. The number of nitro benzene ring substituents is 2. The van der Waals surface area contributed by atoms with Crippen LogP contribution in [0.5, 0.6) is 17.2 Å². The Morgan fingerprint density at radius 3 is 2.12 bits per heavy atom. The summed E-state index contributed by atoms with van der Waals surface area (Å²) >= 11 is 0. The van der Waals surface area contributed by atoms with Gasteiger partial charge < -0.3 is 9.94 Å². The van der Waals surface area contributed by atoms with Crippen LogP contribution in [0, 0.1) is 25.4 Å². The van der Waals surface area contributed by atoms with Crippen LogP contribution in [0.1, 0.15) is 20.7 Å². The molecule has 14 heteroatoms. The van der Waals surface area contributed by atoms with Crippen molar-refractivity contribution < 1.29 is 34.0 Å². The number of nitro groups is 2. The smallest absolute Gasteiger partial charge is 0.321 e. The van der Waals surface area contributed by atoms with Crippen LogP contribution >= 0.6 is 0 Å². The highest BCUT2D eigenvalue weighted by Crippen LogP contribution is 2.42. The lowest BCUT2D eigenvalue weighted by Gasteiger charge is -2.15. The third-order valence-corrected chi connectivity index (χ3v) is 4.13. The molecular weight excluding hydrogens is 430 g/mol. The predicted molar refractivity (Wildman–Crippen MR) is 104 cm³/mol. The van der Waals surface area contributed by atoms with Gasteiger partial charge >= 0.3 is 11.4 Å². The van der Waals surface area contributed by atoms with Crippen LogP contribution in [0.15, 0.2) is 47.8 Å². The molecule has 0 spiro atoms. The minimum Gasteiger partial charge on any atom is -0.569 e. The van der Waals surface area contributed by atoms with Crippen LogP contribution in [0.4, 0.5) is 11.4 Å². The fraction of sp³-hybridized carbons (Fsp3) is 0.111. The van der Waals surface area contributed by atoms with E-state index >= 15 is 0 Å². The molecule has 0 saturated carbocycles. The van der Waals surface area contributed by atoms with Crippen molar-refractivity contribution in [2.75, 3.05) is 14.1 Å². The first-order valence-corrected chi connectivity index (χ1v) is 8.67. The van der Waals surface area contributed by atoms with E-state index in [-0.39, 0.29) is 21.8 Å². The summed E-state index contributed by atoms with van der Waals surface area (Å²) in [5, 5.41) is 38.4. The van der Waals surface area contributed by atoms with Crippen LogP contribution in [0.3, 0.4) is 0 Å².